The van der Waals surface area contributed by atoms with Crippen molar-refractivity contribution in [1.82, 2.24) is 9.78 Å². The van der Waals surface area contributed by atoms with Gasteiger partial charge in [0.05, 0.1) is 17.6 Å². The number of fused-ring (bicyclic) bond motifs is 1. The Bertz CT molecular complexity index is 528. The first kappa shape index (κ1) is 10.7. The molecule has 84 valence electrons. The van der Waals surface area contributed by atoms with Crippen molar-refractivity contribution in [2.24, 2.45) is 5.73 Å². The van der Waals surface area contributed by atoms with E-state index in [1.807, 2.05) is 28.9 Å². The second-order valence-corrected chi connectivity index (χ2v) is 4.15. The van der Waals surface area contributed by atoms with Crippen molar-refractivity contribution < 1.29 is 4.79 Å². The van der Waals surface area contributed by atoms with Crippen LogP contribution >= 0.6 is 0 Å². The van der Waals surface area contributed by atoms with Crippen LogP contribution in [0.25, 0.3) is 10.9 Å². The molecule has 0 unspecified atom stereocenters. The monoisotopic (exact) mass is 217 g/mol. The highest BCUT2D eigenvalue weighted by Gasteiger charge is 2.13. The summed E-state index contributed by atoms with van der Waals surface area (Å²) in [6.45, 7) is 4.13. The fraction of sp³-hybridized carbons (Fsp3) is 0.333. The van der Waals surface area contributed by atoms with Gasteiger partial charge in [-0.2, -0.15) is 5.10 Å². The maximum atomic E-state index is 11.0. The Morgan fingerprint density at radius 3 is 2.75 bits per heavy atom. The predicted molar refractivity (Wildman–Crippen MR) is 63.0 cm³/mol. The van der Waals surface area contributed by atoms with E-state index in [1.54, 1.807) is 0 Å². The molecule has 2 aromatic rings. The van der Waals surface area contributed by atoms with Gasteiger partial charge < -0.3 is 5.73 Å². The molecular weight excluding hydrogens is 202 g/mol. The molecule has 0 spiro atoms. The van der Waals surface area contributed by atoms with Gasteiger partial charge in [0, 0.05) is 11.4 Å². The molecule has 0 atom stereocenters. The van der Waals surface area contributed by atoms with E-state index in [2.05, 4.69) is 18.9 Å². The van der Waals surface area contributed by atoms with E-state index in [0.29, 0.717) is 0 Å². The first-order chi connectivity index (χ1) is 7.59. The minimum absolute atomic E-state index is 0.195. The molecule has 0 saturated heterocycles. The molecule has 0 aliphatic heterocycles. The van der Waals surface area contributed by atoms with Crippen molar-refractivity contribution in [3.8, 4) is 0 Å². The van der Waals surface area contributed by atoms with Crippen molar-refractivity contribution in [3.63, 3.8) is 0 Å². The zero-order chi connectivity index (χ0) is 11.7. The second kappa shape index (κ2) is 3.96. The Hall–Kier alpha value is -1.84. The van der Waals surface area contributed by atoms with Gasteiger partial charge in [0.25, 0.3) is 0 Å². The Kier molecular flexibility index (Phi) is 2.64. The lowest BCUT2D eigenvalue weighted by Crippen LogP contribution is -2.14. The Morgan fingerprint density at radius 1 is 1.44 bits per heavy atom. The van der Waals surface area contributed by atoms with E-state index in [1.165, 1.54) is 0 Å². The average Bonchev–Trinajstić information content (AvgIpc) is 2.57. The number of rotatable bonds is 3. The number of amides is 1. The number of carbonyl (C=O) groups excluding carboxylic acids is 1. The third-order valence-electron chi connectivity index (χ3n) is 2.52. The Balaban J connectivity index is 2.62. The minimum atomic E-state index is -0.348. The van der Waals surface area contributed by atoms with Gasteiger partial charge in [0.1, 0.15) is 0 Å². The van der Waals surface area contributed by atoms with Gasteiger partial charge >= 0.3 is 0 Å². The summed E-state index contributed by atoms with van der Waals surface area (Å²) in [6.07, 6.45) is 0.195. The highest BCUT2D eigenvalue weighted by atomic mass is 16.1. The minimum Gasteiger partial charge on any atom is -0.369 e. The van der Waals surface area contributed by atoms with Crippen molar-refractivity contribution in [3.05, 3.63) is 30.0 Å². The number of hydrogen-bond acceptors (Lipinski definition) is 2. The molecule has 0 saturated carbocycles. The molecule has 0 aliphatic rings. The predicted octanol–water partition coefficient (Wildman–Crippen LogP) is 1.65. The van der Waals surface area contributed by atoms with Gasteiger partial charge in [-0.1, -0.05) is 18.2 Å². The van der Waals surface area contributed by atoms with E-state index in [0.717, 1.165) is 16.6 Å². The van der Waals surface area contributed by atoms with E-state index >= 15 is 0 Å². The summed E-state index contributed by atoms with van der Waals surface area (Å²) in [5.41, 5.74) is 7.02. The number of primary amides is 1. The number of aromatic nitrogens is 2. The second-order valence-electron chi connectivity index (χ2n) is 4.15. The molecule has 4 nitrogen and oxygen atoms in total. The van der Waals surface area contributed by atoms with Crippen LogP contribution in [0.2, 0.25) is 0 Å². The van der Waals surface area contributed by atoms with E-state index in [4.69, 9.17) is 5.73 Å². The number of nitrogens with two attached hydrogens (primary N) is 1. The van der Waals surface area contributed by atoms with Crippen molar-refractivity contribution in [2.45, 2.75) is 26.3 Å². The summed E-state index contributed by atoms with van der Waals surface area (Å²) in [4.78, 5) is 11.0. The molecule has 2 N–H and O–H groups in total. The van der Waals surface area contributed by atoms with Crippen molar-refractivity contribution in [2.75, 3.05) is 0 Å². The van der Waals surface area contributed by atoms with Crippen LogP contribution in [0.4, 0.5) is 0 Å². The number of nitrogens with zero attached hydrogens (tertiary/aromatic N) is 2. The molecule has 1 aromatic heterocycles. The first-order valence-corrected chi connectivity index (χ1v) is 5.34. The number of benzene rings is 1. The molecule has 0 bridgehead atoms. The lowest BCUT2D eigenvalue weighted by molar-refractivity contribution is -0.117. The van der Waals surface area contributed by atoms with Crippen LogP contribution in [0, 0.1) is 0 Å². The maximum absolute atomic E-state index is 11.0. The Morgan fingerprint density at radius 2 is 2.12 bits per heavy atom. The normalized spacial score (nSPS) is 11.2. The summed E-state index contributed by atoms with van der Waals surface area (Å²) in [7, 11) is 0. The van der Waals surface area contributed by atoms with Gasteiger partial charge in [-0.05, 0) is 19.9 Å². The molecular formula is C12H15N3O. The van der Waals surface area contributed by atoms with Gasteiger partial charge in [-0.25, -0.2) is 0 Å². The van der Waals surface area contributed by atoms with Gasteiger partial charge in [0.2, 0.25) is 5.91 Å². The zero-order valence-corrected chi connectivity index (χ0v) is 9.47. The highest BCUT2D eigenvalue weighted by Crippen LogP contribution is 2.21. The maximum Gasteiger partial charge on any atom is 0.223 e. The summed E-state index contributed by atoms with van der Waals surface area (Å²) in [6, 6.07) is 8.16. The average molecular weight is 217 g/mol. The molecule has 1 heterocycles. The van der Waals surface area contributed by atoms with Gasteiger partial charge in [0.15, 0.2) is 0 Å². The van der Waals surface area contributed by atoms with Crippen LogP contribution in [0.5, 0.6) is 0 Å². The highest BCUT2D eigenvalue weighted by molar-refractivity contribution is 5.87. The fourth-order valence-corrected chi connectivity index (χ4v) is 1.84. The van der Waals surface area contributed by atoms with Crippen molar-refractivity contribution >= 4 is 16.8 Å². The summed E-state index contributed by atoms with van der Waals surface area (Å²) < 4.78 is 1.92. The molecule has 1 aromatic carbocycles. The lowest BCUT2D eigenvalue weighted by Gasteiger charge is -2.06. The molecule has 4 heteroatoms. The first-order valence-electron chi connectivity index (χ1n) is 5.34. The lowest BCUT2D eigenvalue weighted by atomic mass is 10.1. The molecule has 1 amide bonds. The third kappa shape index (κ3) is 1.78. The molecule has 2 rings (SSSR count). The van der Waals surface area contributed by atoms with Crippen molar-refractivity contribution in [1.29, 1.82) is 0 Å². The zero-order valence-electron chi connectivity index (χ0n) is 9.47. The van der Waals surface area contributed by atoms with Crippen LogP contribution in [0.1, 0.15) is 25.6 Å². The summed E-state index contributed by atoms with van der Waals surface area (Å²) in [5.74, 6) is -0.348. The van der Waals surface area contributed by atoms with Crippen LogP contribution in [-0.4, -0.2) is 15.7 Å². The molecule has 0 radical (unpaired) electrons. The topological polar surface area (TPSA) is 60.9 Å². The van der Waals surface area contributed by atoms with Crippen LogP contribution in [0.15, 0.2) is 24.3 Å². The number of para-hydroxylation sites is 1. The van der Waals surface area contributed by atoms with E-state index in [-0.39, 0.29) is 18.4 Å². The third-order valence-corrected chi connectivity index (χ3v) is 2.52. The fourth-order valence-electron chi connectivity index (χ4n) is 1.84. The molecule has 0 fully saturated rings. The van der Waals surface area contributed by atoms with E-state index in [9.17, 15) is 4.79 Å². The number of carbonyl (C=O) groups is 1. The molecule has 16 heavy (non-hydrogen) atoms. The van der Waals surface area contributed by atoms with Gasteiger partial charge in [-0.15, -0.1) is 0 Å². The summed E-state index contributed by atoms with van der Waals surface area (Å²) in [5, 5.41) is 5.45. The quantitative estimate of drug-likeness (QED) is 0.849. The van der Waals surface area contributed by atoms with Gasteiger partial charge in [-0.3, -0.25) is 9.48 Å². The summed E-state index contributed by atoms with van der Waals surface area (Å²) >= 11 is 0. The van der Waals surface area contributed by atoms with Crippen LogP contribution < -0.4 is 5.73 Å². The number of hydrogen-bond donors (Lipinski definition) is 1. The van der Waals surface area contributed by atoms with E-state index < -0.39 is 0 Å². The molecule has 0 aliphatic carbocycles. The largest absolute Gasteiger partial charge is 0.369 e. The van der Waals surface area contributed by atoms with Crippen LogP contribution in [-0.2, 0) is 11.2 Å². The SMILES string of the molecule is CC(C)n1nc(CC(N)=O)c2ccccc21. The standard InChI is InChI=1S/C12H15N3O/c1-8(2)15-11-6-4-3-5-9(11)10(14-15)7-12(13)16/h3-6,8H,7H2,1-2H3,(H2,13,16). The Labute approximate surface area is 94.0 Å². The smallest absolute Gasteiger partial charge is 0.223 e. The van der Waals surface area contributed by atoms with Crippen LogP contribution in [0.3, 0.4) is 0 Å².